The lowest BCUT2D eigenvalue weighted by Crippen LogP contribution is -2.50. The van der Waals surface area contributed by atoms with Gasteiger partial charge in [0.15, 0.2) is 6.61 Å². The molecule has 0 radical (unpaired) electrons. The highest BCUT2D eigenvalue weighted by molar-refractivity contribution is 5.91. The van der Waals surface area contributed by atoms with E-state index >= 15 is 0 Å². The minimum Gasteiger partial charge on any atom is -0.497 e. The summed E-state index contributed by atoms with van der Waals surface area (Å²) in [5, 5.41) is 0. The molecule has 1 saturated heterocycles. The number of hydrogen-bond acceptors (Lipinski definition) is 7. The predicted octanol–water partition coefficient (Wildman–Crippen LogP) is 0.991. The number of anilines is 1. The summed E-state index contributed by atoms with van der Waals surface area (Å²) in [5.74, 6) is 0.571. The first-order chi connectivity index (χ1) is 12.7. The van der Waals surface area contributed by atoms with Crippen LogP contribution in [0.4, 0.5) is 5.95 Å². The molecule has 1 aliphatic heterocycles. The van der Waals surface area contributed by atoms with Crippen LogP contribution in [0.3, 0.4) is 0 Å². The van der Waals surface area contributed by atoms with Crippen molar-refractivity contribution in [2.24, 2.45) is 0 Å². The second-order valence-corrected chi connectivity index (χ2v) is 5.72. The van der Waals surface area contributed by atoms with Gasteiger partial charge in [0.05, 0.1) is 12.7 Å². The minimum absolute atomic E-state index is 0.208. The third kappa shape index (κ3) is 4.27. The highest BCUT2D eigenvalue weighted by atomic mass is 16.5. The van der Waals surface area contributed by atoms with Gasteiger partial charge in [0.1, 0.15) is 5.75 Å². The largest absolute Gasteiger partial charge is 0.497 e. The highest BCUT2D eigenvalue weighted by Crippen LogP contribution is 2.13. The van der Waals surface area contributed by atoms with E-state index in [2.05, 4.69) is 9.97 Å². The number of esters is 1. The van der Waals surface area contributed by atoms with Crippen molar-refractivity contribution < 1.29 is 19.1 Å². The zero-order valence-electron chi connectivity index (χ0n) is 14.5. The molecule has 0 aliphatic carbocycles. The van der Waals surface area contributed by atoms with Crippen molar-refractivity contribution in [2.45, 2.75) is 0 Å². The Morgan fingerprint density at radius 2 is 1.69 bits per heavy atom. The molecule has 0 N–H and O–H groups in total. The van der Waals surface area contributed by atoms with Gasteiger partial charge in [-0.3, -0.25) is 4.79 Å². The number of nitrogens with zero attached hydrogens (tertiary/aromatic N) is 4. The van der Waals surface area contributed by atoms with Crippen LogP contribution in [0.5, 0.6) is 5.75 Å². The van der Waals surface area contributed by atoms with Crippen LogP contribution >= 0.6 is 0 Å². The van der Waals surface area contributed by atoms with E-state index in [0.29, 0.717) is 43.4 Å². The number of amides is 1. The molecule has 0 saturated carbocycles. The number of methoxy groups -OCH3 is 1. The number of benzene rings is 1. The molecule has 2 heterocycles. The van der Waals surface area contributed by atoms with Gasteiger partial charge in [-0.1, -0.05) is 0 Å². The quantitative estimate of drug-likeness (QED) is 0.739. The van der Waals surface area contributed by atoms with Crippen LogP contribution in [0.1, 0.15) is 10.4 Å². The Hall–Kier alpha value is -3.16. The third-order valence-electron chi connectivity index (χ3n) is 4.12. The minimum atomic E-state index is -0.530. The van der Waals surface area contributed by atoms with Gasteiger partial charge in [-0.2, -0.15) is 0 Å². The van der Waals surface area contributed by atoms with Gasteiger partial charge >= 0.3 is 5.97 Å². The van der Waals surface area contributed by atoms with E-state index < -0.39 is 5.97 Å². The van der Waals surface area contributed by atoms with Crippen LogP contribution in [0, 0.1) is 0 Å². The van der Waals surface area contributed by atoms with Crippen LogP contribution in [0.25, 0.3) is 0 Å². The van der Waals surface area contributed by atoms with Gasteiger partial charge in [-0.15, -0.1) is 0 Å². The molecule has 2 aromatic rings. The monoisotopic (exact) mass is 356 g/mol. The van der Waals surface area contributed by atoms with Crippen molar-refractivity contribution in [2.75, 3.05) is 44.8 Å². The van der Waals surface area contributed by atoms with Crippen molar-refractivity contribution in [1.82, 2.24) is 14.9 Å². The first-order valence-corrected chi connectivity index (χ1v) is 8.28. The molecule has 1 aromatic heterocycles. The third-order valence-corrected chi connectivity index (χ3v) is 4.12. The van der Waals surface area contributed by atoms with Crippen LogP contribution in [-0.4, -0.2) is 66.6 Å². The molecule has 26 heavy (non-hydrogen) atoms. The van der Waals surface area contributed by atoms with Crippen molar-refractivity contribution in [3.05, 3.63) is 48.3 Å². The molecule has 8 heteroatoms. The topological polar surface area (TPSA) is 84.9 Å². The molecule has 0 spiro atoms. The summed E-state index contributed by atoms with van der Waals surface area (Å²) in [4.78, 5) is 36.4. The Morgan fingerprint density at radius 1 is 1.04 bits per heavy atom. The Kier molecular flexibility index (Phi) is 5.62. The number of piperazine rings is 1. The van der Waals surface area contributed by atoms with Crippen LogP contribution in [0.15, 0.2) is 42.7 Å². The first kappa shape index (κ1) is 17.7. The van der Waals surface area contributed by atoms with E-state index in [1.54, 1.807) is 54.7 Å². The summed E-state index contributed by atoms with van der Waals surface area (Å²) in [7, 11) is 1.55. The van der Waals surface area contributed by atoms with Gasteiger partial charge in [0, 0.05) is 38.6 Å². The van der Waals surface area contributed by atoms with E-state index in [0.717, 1.165) is 0 Å². The van der Waals surface area contributed by atoms with Crippen molar-refractivity contribution >= 4 is 17.8 Å². The molecule has 1 amide bonds. The average molecular weight is 356 g/mol. The maximum atomic E-state index is 12.3. The molecule has 136 valence electrons. The van der Waals surface area contributed by atoms with Gasteiger partial charge in [0.25, 0.3) is 5.91 Å². The molecule has 8 nitrogen and oxygen atoms in total. The first-order valence-electron chi connectivity index (χ1n) is 8.28. The summed E-state index contributed by atoms with van der Waals surface area (Å²) < 4.78 is 10.2. The number of hydrogen-bond donors (Lipinski definition) is 0. The summed E-state index contributed by atoms with van der Waals surface area (Å²) in [6.07, 6.45) is 3.39. The standard InChI is InChI=1S/C18H20N4O4/c1-25-15-5-3-14(4-6-15)17(24)26-13-16(23)21-9-11-22(12-10-21)18-19-7-2-8-20-18/h2-8H,9-13H2,1H3. The zero-order valence-corrected chi connectivity index (χ0v) is 14.5. The van der Waals surface area contributed by atoms with Crippen molar-refractivity contribution in [1.29, 1.82) is 0 Å². The molecule has 0 unspecified atom stereocenters. The molecule has 1 aromatic carbocycles. The fourth-order valence-corrected chi connectivity index (χ4v) is 2.64. The van der Waals surface area contributed by atoms with E-state index in [1.165, 1.54) is 0 Å². The molecular formula is C18H20N4O4. The highest BCUT2D eigenvalue weighted by Gasteiger charge is 2.23. The zero-order chi connectivity index (χ0) is 18.4. The van der Waals surface area contributed by atoms with Crippen LogP contribution in [-0.2, 0) is 9.53 Å². The molecule has 3 rings (SSSR count). The van der Waals surface area contributed by atoms with Crippen LogP contribution < -0.4 is 9.64 Å². The fraction of sp³-hybridized carbons (Fsp3) is 0.333. The van der Waals surface area contributed by atoms with Crippen molar-refractivity contribution in [3.8, 4) is 5.75 Å². The second kappa shape index (κ2) is 8.28. The maximum Gasteiger partial charge on any atom is 0.338 e. The summed E-state index contributed by atoms with van der Waals surface area (Å²) in [5.41, 5.74) is 0.379. The molecule has 1 fully saturated rings. The number of ether oxygens (including phenoxy) is 2. The van der Waals surface area contributed by atoms with E-state index in [-0.39, 0.29) is 12.5 Å². The van der Waals surface area contributed by atoms with Crippen LogP contribution in [0.2, 0.25) is 0 Å². The van der Waals surface area contributed by atoms with E-state index in [9.17, 15) is 9.59 Å². The predicted molar refractivity (Wildman–Crippen MR) is 94.1 cm³/mol. The Morgan fingerprint density at radius 3 is 2.31 bits per heavy atom. The lowest BCUT2D eigenvalue weighted by molar-refractivity contribution is -0.134. The molecule has 1 aliphatic rings. The van der Waals surface area contributed by atoms with Gasteiger partial charge in [-0.05, 0) is 30.3 Å². The number of carbonyl (C=O) groups excluding carboxylic acids is 2. The Balaban J connectivity index is 1.46. The fourth-order valence-electron chi connectivity index (χ4n) is 2.64. The Labute approximate surface area is 151 Å². The smallest absolute Gasteiger partial charge is 0.338 e. The van der Waals surface area contributed by atoms with E-state index in [4.69, 9.17) is 9.47 Å². The Bertz CT molecular complexity index is 744. The van der Waals surface area contributed by atoms with Crippen molar-refractivity contribution in [3.63, 3.8) is 0 Å². The van der Waals surface area contributed by atoms with Gasteiger partial charge < -0.3 is 19.3 Å². The van der Waals surface area contributed by atoms with Gasteiger partial charge in [0.2, 0.25) is 5.95 Å². The number of aromatic nitrogens is 2. The summed E-state index contributed by atoms with van der Waals surface area (Å²) in [6, 6.07) is 8.31. The normalized spacial score (nSPS) is 14.0. The molecule has 0 bridgehead atoms. The van der Waals surface area contributed by atoms with Gasteiger partial charge in [-0.25, -0.2) is 14.8 Å². The number of carbonyl (C=O) groups is 2. The summed E-state index contributed by atoms with van der Waals surface area (Å²) >= 11 is 0. The SMILES string of the molecule is COc1ccc(C(=O)OCC(=O)N2CCN(c3ncccn3)CC2)cc1. The molecular weight excluding hydrogens is 336 g/mol. The average Bonchev–Trinajstić information content (AvgIpc) is 2.72. The lowest BCUT2D eigenvalue weighted by atomic mass is 10.2. The van der Waals surface area contributed by atoms with E-state index in [1.807, 2.05) is 4.90 Å². The second-order valence-electron chi connectivity index (χ2n) is 5.72. The maximum absolute atomic E-state index is 12.3. The molecule has 0 atom stereocenters. The lowest BCUT2D eigenvalue weighted by Gasteiger charge is -2.34. The summed E-state index contributed by atoms with van der Waals surface area (Å²) in [6.45, 7) is 2.09. The number of rotatable bonds is 5.